The molecule has 0 saturated heterocycles. The van der Waals surface area contributed by atoms with Crippen molar-refractivity contribution in [2.45, 2.75) is 26.8 Å². The number of halogens is 2. The van der Waals surface area contributed by atoms with Crippen molar-refractivity contribution in [3.63, 3.8) is 0 Å². The molecule has 1 aromatic carbocycles. The maximum atomic E-state index is 12.4. The molecule has 0 aliphatic heterocycles. The first kappa shape index (κ1) is 18.8. The van der Waals surface area contributed by atoms with Crippen molar-refractivity contribution >= 4 is 46.3 Å². The number of nitrogens with zero attached hydrogens (tertiary/aromatic N) is 1. The van der Waals surface area contributed by atoms with Crippen molar-refractivity contribution in [1.29, 1.82) is 0 Å². The van der Waals surface area contributed by atoms with E-state index in [4.69, 9.17) is 23.2 Å². The molecule has 2 heterocycles. The number of hydrogen-bond donors (Lipinski definition) is 2. The van der Waals surface area contributed by atoms with Crippen LogP contribution in [0.15, 0.2) is 42.7 Å². The Morgan fingerprint density at radius 2 is 1.88 bits per heavy atom. The molecular formula is C19H19Cl2N3OS. The maximum absolute atomic E-state index is 12.4. The lowest BCUT2D eigenvalue weighted by Gasteiger charge is -2.18. The largest absolute Gasteiger partial charge is 0.331 e. The number of nitrogens with one attached hydrogen (secondary N) is 2. The van der Waals surface area contributed by atoms with Crippen LogP contribution < -0.4 is 10.6 Å². The first-order valence-corrected chi connectivity index (χ1v) is 9.70. The summed E-state index contributed by atoms with van der Waals surface area (Å²) in [5.74, 6) is 0. The highest BCUT2D eigenvalue weighted by Crippen LogP contribution is 2.35. The van der Waals surface area contributed by atoms with Crippen LogP contribution in [0.2, 0.25) is 10.0 Å². The van der Waals surface area contributed by atoms with Gasteiger partial charge in [0.2, 0.25) is 0 Å². The molecule has 0 aliphatic rings. The van der Waals surface area contributed by atoms with E-state index in [1.165, 1.54) is 10.4 Å². The van der Waals surface area contributed by atoms with Gasteiger partial charge in [-0.05, 0) is 56.7 Å². The topological polar surface area (TPSA) is 46.1 Å². The van der Waals surface area contributed by atoms with Crippen LogP contribution >= 0.6 is 34.5 Å². The van der Waals surface area contributed by atoms with Crippen LogP contribution in [0.3, 0.4) is 0 Å². The lowest BCUT2D eigenvalue weighted by molar-refractivity contribution is 0.249. The summed E-state index contributed by atoms with van der Waals surface area (Å²) in [5, 5.41) is 7.81. The Labute approximate surface area is 166 Å². The first-order valence-electron chi connectivity index (χ1n) is 8.12. The molecule has 4 nitrogen and oxygen atoms in total. The SMILES string of the molecule is Cc1sc(-n2cccc2)c([C@H](C)NC(=O)Nc2cc(Cl)ccc2Cl)c1C. The van der Waals surface area contributed by atoms with E-state index in [2.05, 4.69) is 29.0 Å². The summed E-state index contributed by atoms with van der Waals surface area (Å²) in [7, 11) is 0. The predicted octanol–water partition coefficient (Wildman–Crippen LogP) is 6.35. The third-order valence-corrected chi connectivity index (χ3v) is 6.01. The van der Waals surface area contributed by atoms with Crippen molar-refractivity contribution in [2.75, 3.05) is 5.32 Å². The minimum Gasteiger partial charge on any atom is -0.331 e. The number of aryl methyl sites for hydroxylation is 1. The molecule has 1 atom stereocenters. The van der Waals surface area contributed by atoms with E-state index in [-0.39, 0.29) is 12.1 Å². The Morgan fingerprint density at radius 1 is 1.19 bits per heavy atom. The zero-order chi connectivity index (χ0) is 18.8. The van der Waals surface area contributed by atoms with Crippen molar-refractivity contribution in [1.82, 2.24) is 9.88 Å². The zero-order valence-electron chi connectivity index (χ0n) is 14.6. The van der Waals surface area contributed by atoms with Gasteiger partial charge in [0.25, 0.3) is 0 Å². The van der Waals surface area contributed by atoms with Gasteiger partial charge in [-0.2, -0.15) is 0 Å². The van der Waals surface area contributed by atoms with Gasteiger partial charge in [-0.1, -0.05) is 23.2 Å². The van der Waals surface area contributed by atoms with Crippen molar-refractivity contribution in [3.8, 4) is 5.00 Å². The fraction of sp³-hybridized carbons (Fsp3) is 0.211. The minimum absolute atomic E-state index is 0.171. The van der Waals surface area contributed by atoms with Crippen LogP contribution in [0.5, 0.6) is 0 Å². The molecule has 2 N–H and O–H groups in total. The number of anilines is 1. The number of hydrogen-bond acceptors (Lipinski definition) is 2. The number of thiophene rings is 1. The van der Waals surface area contributed by atoms with Crippen LogP contribution in [-0.2, 0) is 0 Å². The van der Waals surface area contributed by atoms with Gasteiger partial charge >= 0.3 is 6.03 Å². The van der Waals surface area contributed by atoms with Gasteiger partial charge in [0.1, 0.15) is 5.00 Å². The molecule has 7 heteroatoms. The fourth-order valence-corrected chi connectivity index (χ4v) is 4.38. The molecule has 0 bridgehead atoms. The Kier molecular flexibility index (Phi) is 5.61. The molecule has 0 fully saturated rings. The molecule has 2 amide bonds. The van der Waals surface area contributed by atoms with Gasteiger partial charge < -0.3 is 15.2 Å². The van der Waals surface area contributed by atoms with Gasteiger partial charge in [-0.15, -0.1) is 11.3 Å². The maximum Gasteiger partial charge on any atom is 0.319 e. The van der Waals surface area contributed by atoms with Crippen LogP contribution in [-0.4, -0.2) is 10.6 Å². The van der Waals surface area contributed by atoms with Gasteiger partial charge in [0.15, 0.2) is 0 Å². The summed E-state index contributed by atoms with van der Waals surface area (Å²) in [6.45, 7) is 6.15. The lowest BCUT2D eigenvalue weighted by Crippen LogP contribution is -2.31. The summed E-state index contributed by atoms with van der Waals surface area (Å²) in [6.07, 6.45) is 4.01. The minimum atomic E-state index is -0.330. The molecule has 2 aromatic heterocycles. The Morgan fingerprint density at radius 3 is 2.58 bits per heavy atom. The first-order chi connectivity index (χ1) is 12.4. The normalized spacial score (nSPS) is 12.0. The molecule has 0 radical (unpaired) electrons. The number of carbonyl (C=O) groups is 1. The highest BCUT2D eigenvalue weighted by Gasteiger charge is 2.21. The number of rotatable bonds is 4. The molecule has 3 aromatic rings. The van der Waals surface area contributed by atoms with Gasteiger partial charge in [0.05, 0.1) is 16.8 Å². The van der Waals surface area contributed by atoms with E-state index in [9.17, 15) is 4.79 Å². The average molecular weight is 408 g/mol. The highest BCUT2D eigenvalue weighted by atomic mass is 35.5. The molecule has 0 unspecified atom stereocenters. The number of amides is 2. The van der Waals surface area contributed by atoms with E-state index < -0.39 is 0 Å². The third-order valence-electron chi connectivity index (χ3n) is 4.21. The molecular weight excluding hydrogens is 389 g/mol. The lowest BCUT2D eigenvalue weighted by atomic mass is 10.1. The monoisotopic (exact) mass is 407 g/mol. The van der Waals surface area contributed by atoms with Crippen LogP contribution in [0.4, 0.5) is 10.5 Å². The van der Waals surface area contributed by atoms with Crippen LogP contribution in [0, 0.1) is 13.8 Å². The number of urea groups is 1. The van der Waals surface area contributed by atoms with Crippen LogP contribution in [0.1, 0.15) is 29.0 Å². The number of carbonyl (C=O) groups excluding carboxylic acids is 1. The number of benzene rings is 1. The van der Waals surface area contributed by atoms with Crippen LogP contribution in [0.25, 0.3) is 5.00 Å². The second-order valence-corrected chi connectivity index (χ2v) is 8.08. The van der Waals surface area contributed by atoms with E-state index in [1.54, 1.807) is 29.5 Å². The Balaban J connectivity index is 1.81. The Hall–Kier alpha value is -1.95. The van der Waals surface area contributed by atoms with E-state index in [1.807, 2.05) is 31.5 Å². The van der Waals surface area contributed by atoms with E-state index >= 15 is 0 Å². The number of aromatic nitrogens is 1. The van der Waals surface area contributed by atoms with Gasteiger partial charge in [-0.25, -0.2) is 4.79 Å². The molecule has 0 aliphatic carbocycles. The molecule has 136 valence electrons. The fourth-order valence-electron chi connectivity index (χ4n) is 2.82. The molecule has 0 saturated carbocycles. The summed E-state index contributed by atoms with van der Waals surface area (Å²) >= 11 is 13.8. The van der Waals surface area contributed by atoms with Crippen molar-refractivity contribution in [2.24, 2.45) is 0 Å². The zero-order valence-corrected chi connectivity index (χ0v) is 17.0. The molecule has 3 rings (SSSR count). The standard InChI is InChI=1S/C19H19Cl2N3OS/c1-11-13(3)26-18(24-8-4-5-9-24)17(11)12(2)22-19(25)23-16-10-14(20)6-7-15(16)21/h4-10,12H,1-3H3,(H2,22,23,25)/t12-/m0/s1. The predicted molar refractivity (Wildman–Crippen MR) is 110 cm³/mol. The summed E-state index contributed by atoms with van der Waals surface area (Å²) in [6, 6.07) is 8.42. The second-order valence-electron chi connectivity index (χ2n) is 6.04. The Bertz CT molecular complexity index is 935. The van der Waals surface area contributed by atoms with E-state index in [0.29, 0.717) is 15.7 Å². The summed E-state index contributed by atoms with van der Waals surface area (Å²) < 4.78 is 2.07. The summed E-state index contributed by atoms with van der Waals surface area (Å²) in [5.41, 5.74) is 2.77. The van der Waals surface area contributed by atoms with Crippen molar-refractivity contribution in [3.05, 3.63) is 68.8 Å². The molecule has 0 spiro atoms. The summed E-state index contributed by atoms with van der Waals surface area (Å²) in [4.78, 5) is 13.7. The quantitative estimate of drug-likeness (QED) is 0.520. The van der Waals surface area contributed by atoms with Gasteiger partial charge in [0, 0.05) is 27.9 Å². The average Bonchev–Trinajstić information content (AvgIpc) is 3.20. The van der Waals surface area contributed by atoms with Gasteiger partial charge in [-0.3, -0.25) is 0 Å². The smallest absolute Gasteiger partial charge is 0.319 e. The highest BCUT2D eigenvalue weighted by molar-refractivity contribution is 7.14. The third kappa shape index (κ3) is 3.90. The van der Waals surface area contributed by atoms with E-state index in [0.717, 1.165) is 10.6 Å². The second kappa shape index (κ2) is 7.74. The van der Waals surface area contributed by atoms with Crippen molar-refractivity contribution < 1.29 is 4.79 Å². The molecule has 26 heavy (non-hydrogen) atoms.